The Balaban J connectivity index is 2.80. The van der Waals surface area contributed by atoms with Crippen molar-refractivity contribution < 1.29 is 14.3 Å². The van der Waals surface area contributed by atoms with Crippen molar-refractivity contribution in [3.63, 3.8) is 0 Å². The van der Waals surface area contributed by atoms with Crippen LogP contribution in [0, 0.1) is 0 Å². The number of amidine groups is 1. The van der Waals surface area contributed by atoms with Gasteiger partial charge >= 0.3 is 18.1 Å². The summed E-state index contributed by atoms with van der Waals surface area (Å²) in [7, 11) is 0. The average molecular weight is 381 g/mol. The van der Waals surface area contributed by atoms with Gasteiger partial charge in [-0.15, -0.1) is 4.99 Å². The lowest BCUT2D eigenvalue weighted by atomic mass is 10.2. The molecule has 0 radical (unpaired) electrons. The van der Waals surface area contributed by atoms with Crippen LogP contribution in [0.15, 0.2) is 35.3 Å². The number of urea groups is 2. The number of amides is 4. The van der Waals surface area contributed by atoms with Crippen LogP contribution in [0.4, 0.5) is 9.59 Å². The summed E-state index contributed by atoms with van der Waals surface area (Å²) in [6, 6.07) is 8.37. The molecule has 4 amide bonds. The monoisotopic (exact) mass is 380 g/mol. The Morgan fingerprint density at radius 1 is 1.15 bits per heavy atom. The molecule has 0 heterocycles. The molecule has 0 aliphatic carbocycles. The van der Waals surface area contributed by atoms with Crippen LogP contribution in [0.3, 0.4) is 0 Å². The van der Waals surface area contributed by atoms with Gasteiger partial charge in [0.15, 0.2) is 0 Å². The fourth-order valence-corrected chi connectivity index (χ4v) is 2.25. The molecule has 0 aromatic heterocycles. The molecule has 0 aliphatic heterocycles. The zero-order chi connectivity index (χ0) is 19.6. The van der Waals surface area contributed by atoms with Crippen LogP contribution >= 0.6 is 11.9 Å². The predicted molar refractivity (Wildman–Crippen MR) is 106 cm³/mol. The van der Waals surface area contributed by atoms with E-state index in [9.17, 15) is 9.59 Å². The molecule has 26 heavy (non-hydrogen) atoms. The third-order valence-electron chi connectivity index (χ3n) is 3.12. The molecule has 0 spiro atoms. The Bertz CT molecular complexity index is 611. The van der Waals surface area contributed by atoms with Crippen molar-refractivity contribution in [2.24, 2.45) is 4.99 Å². The molecule has 1 rings (SSSR count). The molecule has 0 saturated carbocycles. The zero-order valence-electron chi connectivity index (χ0n) is 16.0. The van der Waals surface area contributed by atoms with Gasteiger partial charge in [0, 0.05) is 17.8 Å². The average Bonchev–Trinajstić information content (AvgIpc) is 2.59. The first-order valence-electron chi connectivity index (χ1n) is 8.54. The number of benzene rings is 1. The second-order valence-corrected chi connectivity index (χ2v) is 8.05. The Morgan fingerprint density at radius 2 is 1.77 bits per heavy atom. The van der Waals surface area contributed by atoms with E-state index >= 15 is 0 Å². The van der Waals surface area contributed by atoms with E-state index in [0.717, 1.165) is 5.56 Å². The third kappa shape index (κ3) is 8.75. The molecule has 1 aromatic rings. The maximum absolute atomic E-state index is 12.2. The summed E-state index contributed by atoms with van der Waals surface area (Å²) < 4.78 is 8.08. The molecule has 0 fully saturated rings. The summed E-state index contributed by atoms with van der Waals surface area (Å²) in [5.74, 6) is 0. The first-order valence-corrected chi connectivity index (χ1v) is 9.36. The minimum Gasteiger partial charge on any atom is -0.460 e. The molecule has 0 atom stereocenters. The Morgan fingerprint density at radius 3 is 2.31 bits per heavy atom. The number of carbonyl (C=O) groups excluding carboxylic acids is 2. The van der Waals surface area contributed by atoms with Gasteiger partial charge in [-0.25, -0.2) is 9.59 Å². The van der Waals surface area contributed by atoms with Crippen LogP contribution in [0.1, 0.15) is 40.2 Å². The van der Waals surface area contributed by atoms with E-state index in [1.54, 1.807) is 0 Å². The fourth-order valence-electron chi connectivity index (χ4n) is 1.80. The predicted octanol–water partition coefficient (Wildman–Crippen LogP) is 3.77. The second kappa shape index (κ2) is 10.7. The van der Waals surface area contributed by atoms with Crippen molar-refractivity contribution in [1.29, 1.82) is 0 Å². The van der Waals surface area contributed by atoms with Crippen molar-refractivity contribution in [2.45, 2.75) is 46.0 Å². The molecule has 8 heteroatoms. The van der Waals surface area contributed by atoms with Gasteiger partial charge < -0.3 is 9.64 Å². The standard InChI is InChI=1S/C18H28N4O3S/c1-6-22(7-2)17(24)20-16(19-15(23)21-26-18(3,4)5)25-13-14-11-9-8-10-12-14/h8-12H,6-7,13H2,1-5H3,(H2,19,20,21,23,24). The number of ether oxygens (including phenoxy) is 1. The summed E-state index contributed by atoms with van der Waals surface area (Å²) in [6.45, 7) is 10.9. The van der Waals surface area contributed by atoms with Crippen LogP contribution in [-0.4, -0.2) is 40.8 Å². The number of nitrogens with one attached hydrogen (secondary N) is 2. The molecule has 2 N–H and O–H groups in total. The highest BCUT2D eigenvalue weighted by atomic mass is 32.2. The second-order valence-electron chi connectivity index (χ2n) is 6.42. The molecular weight excluding hydrogens is 352 g/mol. The van der Waals surface area contributed by atoms with Crippen LogP contribution in [0.25, 0.3) is 0 Å². The van der Waals surface area contributed by atoms with Crippen molar-refractivity contribution in [2.75, 3.05) is 13.1 Å². The number of hydrogen-bond acceptors (Lipinski definition) is 4. The highest BCUT2D eigenvalue weighted by Crippen LogP contribution is 2.18. The number of hydrogen-bond donors (Lipinski definition) is 2. The van der Waals surface area contributed by atoms with Crippen LogP contribution in [-0.2, 0) is 11.3 Å². The van der Waals surface area contributed by atoms with Crippen molar-refractivity contribution in [3.8, 4) is 0 Å². The molecule has 7 nitrogen and oxygen atoms in total. The van der Waals surface area contributed by atoms with Crippen LogP contribution < -0.4 is 10.0 Å². The molecule has 0 aliphatic rings. The normalized spacial score (nSPS) is 11.7. The SMILES string of the molecule is CCN(CC)C(=O)N=C(NC(=O)NSC(C)(C)C)OCc1ccccc1. The highest BCUT2D eigenvalue weighted by Gasteiger charge is 2.16. The van der Waals surface area contributed by atoms with E-state index in [-0.39, 0.29) is 17.4 Å². The topological polar surface area (TPSA) is 83.0 Å². The zero-order valence-corrected chi connectivity index (χ0v) is 16.9. The fraction of sp³-hybridized carbons (Fsp3) is 0.500. The van der Waals surface area contributed by atoms with Crippen LogP contribution in [0.5, 0.6) is 0 Å². The minimum atomic E-state index is -0.496. The Labute approximate surface area is 159 Å². The van der Waals surface area contributed by atoms with E-state index in [1.165, 1.54) is 16.8 Å². The molecule has 0 saturated heterocycles. The number of rotatable bonds is 5. The molecule has 0 unspecified atom stereocenters. The lowest BCUT2D eigenvalue weighted by molar-refractivity contribution is 0.210. The van der Waals surface area contributed by atoms with E-state index in [2.05, 4.69) is 15.0 Å². The first-order chi connectivity index (χ1) is 12.2. The van der Waals surface area contributed by atoms with Gasteiger partial charge in [-0.2, -0.15) is 0 Å². The maximum Gasteiger partial charge on any atom is 0.348 e. The smallest absolute Gasteiger partial charge is 0.348 e. The van der Waals surface area contributed by atoms with Crippen molar-refractivity contribution in [3.05, 3.63) is 35.9 Å². The van der Waals surface area contributed by atoms with Gasteiger partial charge in [0.2, 0.25) is 0 Å². The lowest BCUT2D eigenvalue weighted by Crippen LogP contribution is -2.40. The van der Waals surface area contributed by atoms with Gasteiger partial charge in [-0.1, -0.05) is 30.3 Å². The summed E-state index contributed by atoms with van der Waals surface area (Å²) >= 11 is 1.26. The quantitative estimate of drug-likeness (QED) is 0.463. The van der Waals surface area contributed by atoms with E-state index in [0.29, 0.717) is 13.1 Å². The first kappa shape index (κ1) is 21.8. The largest absolute Gasteiger partial charge is 0.460 e. The Kier molecular flexibility index (Phi) is 8.98. The number of carbonyl (C=O) groups is 2. The van der Waals surface area contributed by atoms with Crippen LogP contribution in [0.2, 0.25) is 0 Å². The molecular formula is C18H28N4O3S. The summed E-state index contributed by atoms with van der Waals surface area (Å²) in [5, 5.41) is 2.50. The van der Waals surface area contributed by atoms with Crippen molar-refractivity contribution >= 4 is 30.0 Å². The molecule has 1 aromatic carbocycles. The summed E-state index contributed by atoms with van der Waals surface area (Å²) in [4.78, 5) is 29.7. The maximum atomic E-state index is 12.2. The Hall–Kier alpha value is -2.22. The molecule has 0 bridgehead atoms. The third-order valence-corrected chi connectivity index (χ3v) is 4.02. The van der Waals surface area contributed by atoms with Gasteiger partial charge in [-0.3, -0.25) is 10.0 Å². The van der Waals surface area contributed by atoms with Crippen molar-refractivity contribution in [1.82, 2.24) is 14.9 Å². The van der Waals surface area contributed by atoms with E-state index in [4.69, 9.17) is 4.74 Å². The number of nitrogens with zero attached hydrogens (tertiary/aromatic N) is 2. The van der Waals surface area contributed by atoms with E-state index in [1.807, 2.05) is 65.0 Å². The van der Waals surface area contributed by atoms with Gasteiger partial charge in [0.25, 0.3) is 0 Å². The minimum absolute atomic E-state index is 0.127. The number of aliphatic imine (C=N–C) groups is 1. The van der Waals surface area contributed by atoms with Gasteiger partial charge in [0.05, 0.1) is 0 Å². The van der Waals surface area contributed by atoms with E-state index < -0.39 is 12.1 Å². The summed E-state index contributed by atoms with van der Waals surface area (Å²) in [5.41, 5.74) is 0.904. The highest BCUT2D eigenvalue weighted by molar-refractivity contribution is 7.99. The van der Waals surface area contributed by atoms with Gasteiger partial charge in [0.1, 0.15) is 6.61 Å². The summed E-state index contributed by atoms with van der Waals surface area (Å²) in [6.07, 6.45) is 0. The lowest BCUT2D eigenvalue weighted by Gasteiger charge is -2.19. The molecule has 144 valence electrons. The van der Waals surface area contributed by atoms with Gasteiger partial charge in [-0.05, 0) is 52.1 Å².